The van der Waals surface area contributed by atoms with Gasteiger partial charge in [0.25, 0.3) is 0 Å². The van der Waals surface area contributed by atoms with Crippen molar-refractivity contribution in [2.75, 3.05) is 0 Å². The number of furan rings is 1. The molecular weight excluding hydrogens is 609 g/mol. The van der Waals surface area contributed by atoms with E-state index in [1.807, 2.05) is 47.7 Å². The molecule has 0 saturated heterocycles. The van der Waals surface area contributed by atoms with Crippen LogP contribution in [-0.2, 0) is 0 Å². The Morgan fingerprint density at radius 2 is 1.25 bits per heavy atom. The molecule has 0 amide bonds. The molecule has 0 fully saturated rings. The molecule has 48 heavy (non-hydrogen) atoms. The van der Waals surface area contributed by atoms with Crippen LogP contribution in [0.15, 0.2) is 150 Å². The Bertz CT molecular complexity index is 2860. The van der Waals surface area contributed by atoms with Gasteiger partial charge < -0.3 is 4.42 Å². The number of hydrogen-bond donors (Lipinski definition) is 0. The fourth-order valence-corrected chi connectivity index (χ4v) is 7.97. The molecule has 6 heteroatoms. The normalized spacial score (nSPS) is 11.8. The molecule has 0 atom stereocenters. The molecule has 0 unspecified atom stereocenters. The SMILES string of the molecule is c1ccc(-c2nc(-c3ccc4ccccc4c3)nc(-c3cc(-c4cccc5c4sc4ccccc45)cc4oc5cnccc5c34)n2)cc1. The van der Waals surface area contributed by atoms with Crippen LogP contribution in [0.1, 0.15) is 0 Å². The maximum absolute atomic E-state index is 6.50. The van der Waals surface area contributed by atoms with Crippen molar-refractivity contribution in [2.24, 2.45) is 0 Å². The van der Waals surface area contributed by atoms with Gasteiger partial charge in [-0.1, -0.05) is 103 Å². The van der Waals surface area contributed by atoms with Gasteiger partial charge >= 0.3 is 0 Å². The minimum absolute atomic E-state index is 0.585. The first-order valence-electron chi connectivity index (χ1n) is 15.8. The highest BCUT2D eigenvalue weighted by molar-refractivity contribution is 7.26. The van der Waals surface area contributed by atoms with Crippen LogP contribution in [0.2, 0.25) is 0 Å². The van der Waals surface area contributed by atoms with Crippen LogP contribution in [0, 0.1) is 0 Å². The van der Waals surface area contributed by atoms with Gasteiger partial charge in [-0.3, -0.25) is 4.98 Å². The zero-order valence-corrected chi connectivity index (χ0v) is 26.3. The first-order valence-corrected chi connectivity index (χ1v) is 16.6. The second kappa shape index (κ2) is 10.7. The molecule has 4 heterocycles. The molecule has 0 aliphatic rings. The quantitative estimate of drug-likeness (QED) is 0.193. The second-order valence-corrected chi connectivity index (χ2v) is 12.9. The Labute approximate surface area is 278 Å². The average molecular weight is 633 g/mol. The molecule has 0 aliphatic heterocycles. The Balaban J connectivity index is 1.27. The van der Waals surface area contributed by atoms with Crippen molar-refractivity contribution in [3.8, 4) is 45.3 Å². The molecule has 5 nitrogen and oxygen atoms in total. The first kappa shape index (κ1) is 26.9. The number of aromatic nitrogens is 4. The van der Waals surface area contributed by atoms with E-state index < -0.39 is 0 Å². The third-order valence-corrected chi connectivity index (χ3v) is 10.2. The number of thiophene rings is 1. The van der Waals surface area contributed by atoms with Gasteiger partial charge in [-0.05, 0) is 52.2 Å². The third-order valence-electron chi connectivity index (χ3n) is 9.01. The van der Waals surface area contributed by atoms with Crippen LogP contribution in [0.25, 0.3) is 98.2 Å². The molecular formula is C42H24N4OS. The molecule has 4 aromatic heterocycles. The minimum Gasteiger partial charge on any atom is -0.454 e. The number of nitrogens with zero attached hydrogens (tertiary/aromatic N) is 4. The molecule has 224 valence electrons. The van der Waals surface area contributed by atoms with Gasteiger partial charge in [-0.25, -0.2) is 15.0 Å². The smallest absolute Gasteiger partial charge is 0.164 e. The monoisotopic (exact) mass is 632 g/mol. The van der Waals surface area contributed by atoms with Crippen molar-refractivity contribution < 1.29 is 4.42 Å². The molecule has 0 N–H and O–H groups in total. The lowest BCUT2D eigenvalue weighted by Gasteiger charge is -2.12. The fraction of sp³-hybridized carbons (Fsp3) is 0. The summed E-state index contributed by atoms with van der Waals surface area (Å²) in [6.45, 7) is 0. The topological polar surface area (TPSA) is 64.7 Å². The summed E-state index contributed by atoms with van der Waals surface area (Å²) in [7, 11) is 0. The lowest BCUT2D eigenvalue weighted by Crippen LogP contribution is -2.00. The summed E-state index contributed by atoms with van der Waals surface area (Å²) in [5.41, 5.74) is 6.39. The highest BCUT2D eigenvalue weighted by atomic mass is 32.1. The third kappa shape index (κ3) is 4.31. The summed E-state index contributed by atoms with van der Waals surface area (Å²) >= 11 is 1.81. The van der Waals surface area contributed by atoms with Crippen molar-refractivity contribution in [1.82, 2.24) is 19.9 Å². The Morgan fingerprint density at radius 1 is 0.479 bits per heavy atom. The van der Waals surface area contributed by atoms with Crippen molar-refractivity contribution in [1.29, 1.82) is 0 Å². The van der Waals surface area contributed by atoms with Crippen molar-refractivity contribution >= 4 is 64.2 Å². The first-order chi connectivity index (χ1) is 23.8. The number of hydrogen-bond acceptors (Lipinski definition) is 6. The highest BCUT2D eigenvalue weighted by Gasteiger charge is 2.21. The van der Waals surface area contributed by atoms with Crippen LogP contribution in [-0.4, -0.2) is 19.9 Å². The second-order valence-electron chi connectivity index (χ2n) is 11.9. The van der Waals surface area contributed by atoms with E-state index in [9.17, 15) is 0 Å². The number of rotatable bonds is 4. The van der Waals surface area contributed by atoms with Gasteiger partial charge in [0.1, 0.15) is 5.58 Å². The van der Waals surface area contributed by atoms with E-state index in [2.05, 4.69) is 102 Å². The maximum atomic E-state index is 6.50. The van der Waals surface area contributed by atoms with Gasteiger partial charge in [0.15, 0.2) is 23.1 Å². The fourth-order valence-electron chi connectivity index (χ4n) is 6.74. The molecule has 0 bridgehead atoms. The van der Waals surface area contributed by atoms with E-state index in [1.165, 1.54) is 25.6 Å². The van der Waals surface area contributed by atoms with E-state index in [0.717, 1.165) is 55.1 Å². The van der Waals surface area contributed by atoms with Gasteiger partial charge in [0, 0.05) is 53.8 Å². The van der Waals surface area contributed by atoms with E-state index in [0.29, 0.717) is 17.5 Å². The lowest BCUT2D eigenvalue weighted by molar-refractivity contribution is 0.667. The van der Waals surface area contributed by atoms with Crippen LogP contribution < -0.4 is 0 Å². The standard InChI is InChI=1S/C42H24N4OS/c1-2-10-26(11-3-1)40-44-41(28-18-17-25-9-4-5-12-27(25)21-28)46-42(45-40)34-22-29(23-35-38(34)33-19-20-43-24-36(33)47-35)30-14-8-15-32-31-13-6-7-16-37(31)48-39(30)32/h1-24H. The molecule has 10 aromatic rings. The minimum atomic E-state index is 0.585. The summed E-state index contributed by atoms with van der Waals surface area (Å²) in [5, 5.41) is 6.73. The van der Waals surface area contributed by atoms with E-state index in [-0.39, 0.29) is 0 Å². The number of pyridine rings is 1. The van der Waals surface area contributed by atoms with Crippen LogP contribution in [0.3, 0.4) is 0 Å². The molecule has 0 aliphatic carbocycles. The van der Waals surface area contributed by atoms with Gasteiger partial charge in [-0.15, -0.1) is 11.3 Å². The summed E-state index contributed by atoms with van der Waals surface area (Å²) in [4.78, 5) is 19.7. The molecule has 0 radical (unpaired) electrons. The van der Waals surface area contributed by atoms with Crippen LogP contribution in [0.5, 0.6) is 0 Å². The summed E-state index contributed by atoms with van der Waals surface area (Å²) < 4.78 is 9.00. The molecule has 0 saturated carbocycles. The van der Waals surface area contributed by atoms with Crippen molar-refractivity contribution in [2.45, 2.75) is 0 Å². The molecule has 6 aromatic carbocycles. The Kier molecular flexibility index (Phi) is 5.98. The predicted octanol–water partition coefficient (Wildman–Crippen LogP) is 11.4. The van der Waals surface area contributed by atoms with E-state index in [1.54, 1.807) is 12.4 Å². The number of benzene rings is 6. The van der Waals surface area contributed by atoms with Crippen molar-refractivity contribution in [3.05, 3.63) is 146 Å². The summed E-state index contributed by atoms with van der Waals surface area (Å²) in [6.07, 6.45) is 3.57. The Hall–Kier alpha value is -6.24. The predicted molar refractivity (Wildman–Crippen MR) is 197 cm³/mol. The zero-order chi connectivity index (χ0) is 31.6. The van der Waals surface area contributed by atoms with Gasteiger partial charge in [0.2, 0.25) is 0 Å². The average Bonchev–Trinajstić information content (AvgIpc) is 3.73. The van der Waals surface area contributed by atoms with Gasteiger partial charge in [-0.2, -0.15) is 0 Å². The molecule has 10 rings (SSSR count). The van der Waals surface area contributed by atoms with E-state index in [4.69, 9.17) is 19.4 Å². The van der Waals surface area contributed by atoms with Gasteiger partial charge in [0.05, 0.1) is 6.20 Å². The maximum Gasteiger partial charge on any atom is 0.164 e. The van der Waals surface area contributed by atoms with Crippen LogP contribution >= 0.6 is 11.3 Å². The largest absolute Gasteiger partial charge is 0.454 e. The molecule has 0 spiro atoms. The summed E-state index contributed by atoms with van der Waals surface area (Å²) in [5.74, 6) is 1.81. The summed E-state index contributed by atoms with van der Waals surface area (Å²) in [6, 6.07) is 46.3. The zero-order valence-electron chi connectivity index (χ0n) is 25.5. The van der Waals surface area contributed by atoms with Crippen molar-refractivity contribution in [3.63, 3.8) is 0 Å². The lowest BCUT2D eigenvalue weighted by atomic mass is 9.97. The Morgan fingerprint density at radius 3 is 2.17 bits per heavy atom. The number of fused-ring (bicyclic) bond motifs is 7. The van der Waals surface area contributed by atoms with Crippen LogP contribution in [0.4, 0.5) is 0 Å². The highest BCUT2D eigenvalue weighted by Crippen LogP contribution is 2.44. The van der Waals surface area contributed by atoms with E-state index >= 15 is 0 Å².